The number of benzene rings is 3. The van der Waals surface area contributed by atoms with Crippen molar-refractivity contribution >= 4 is 33.2 Å². The first-order chi connectivity index (χ1) is 21.7. The highest BCUT2D eigenvalue weighted by molar-refractivity contribution is 7.90. The molecule has 1 amide bonds. The molecule has 4 aliphatic rings. The molecule has 0 radical (unpaired) electrons. The number of sulfonamides is 1. The average molecular weight is 647 g/mol. The third-order valence-corrected chi connectivity index (χ3v) is 12.3. The molecule has 9 heteroatoms. The summed E-state index contributed by atoms with van der Waals surface area (Å²) in [6.45, 7) is 1.88. The maximum atomic E-state index is 13.7. The Morgan fingerprint density at radius 2 is 1.91 bits per heavy atom. The molecule has 2 aliphatic heterocycles. The molecule has 0 aromatic heterocycles. The molecule has 1 fully saturated rings. The predicted octanol–water partition coefficient (Wildman–Crippen LogP) is 5.83. The lowest BCUT2D eigenvalue weighted by Crippen LogP contribution is -2.49. The quantitative estimate of drug-likeness (QED) is 0.340. The molecule has 0 unspecified atom stereocenters. The van der Waals surface area contributed by atoms with E-state index in [-0.39, 0.29) is 35.7 Å². The zero-order chi connectivity index (χ0) is 31.2. The van der Waals surface area contributed by atoms with E-state index in [1.165, 1.54) is 11.1 Å². The molecule has 3 aromatic rings. The zero-order valence-corrected chi connectivity index (χ0v) is 26.8. The van der Waals surface area contributed by atoms with Crippen molar-refractivity contribution in [3.63, 3.8) is 0 Å². The van der Waals surface area contributed by atoms with Gasteiger partial charge in [0.15, 0.2) is 0 Å². The minimum absolute atomic E-state index is 0.0690. The summed E-state index contributed by atoms with van der Waals surface area (Å²) in [6.07, 6.45) is 8.13. The fourth-order valence-electron chi connectivity index (χ4n) is 7.79. The number of aliphatic hydroxyl groups excluding tert-OH is 1. The fourth-order valence-corrected chi connectivity index (χ4v) is 9.30. The molecule has 7 nitrogen and oxygen atoms in total. The first kappa shape index (κ1) is 30.3. The van der Waals surface area contributed by atoms with Crippen molar-refractivity contribution in [1.29, 1.82) is 0 Å². The van der Waals surface area contributed by atoms with Gasteiger partial charge in [0.2, 0.25) is 10.0 Å². The maximum Gasteiger partial charge on any atom is 0.264 e. The van der Waals surface area contributed by atoms with Gasteiger partial charge in [-0.1, -0.05) is 60.2 Å². The highest BCUT2D eigenvalue weighted by Gasteiger charge is 2.44. The van der Waals surface area contributed by atoms with Crippen LogP contribution in [0, 0.1) is 11.8 Å². The number of nitrogens with zero attached hydrogens (tertiary/aromatic N) is 1. The fraction of sp³-hybridized carbons (Fsp3) is 0.417. The van der Waals surface area contributed by atoms with E-state index in [0.29, 0.717) is 25.4 Å². The minimum atomic E-state index is -4.06. The number of anilines is 1. The lowest BCUT2D eigenvalue weighted by Gasteiger charge is -2.45. The van der Waals surface area contributed by atoms with Gasteiger partial charge in [-0.05, 0) is 104 Å². The molecular formula is C36H39ClN2O5S. The normalized spacial score (nSPS) is 29.8. The van der Waals surface area contributed by atoms with Crippen molar-refractivity contribution in [2.75, 3.05) is 24.6 Å². The van der Waals surface area contributed by atoms with Crippen molar-refractivity contribution in [3.8, 4) is 5.75 Å². The monoisotopic (exact) mass is 646 g/mol. The van der Waals surface area contributed by atoms with Crippen LogP contribution in [-0.2, 0) is 28.3 Å². The van der Waals surface area contributed by atoms with Gasteiger partial charge in [0.05, 0.1) is 23.6 Å². The number of ether oxygens (including phenoxy) is 1. The van der Waals surface area contributed by atoms with Crippen molar-refractivity contribution in [2.24, 2.45) is 11.8 Å². The van der Waals surface area contributed by atoms with E-state index in [2.05, 4.69) is 21.8 Å². The van der Waals surface area contributed by atoms with Crippen LogP contribution in [0.25, 0.3) is 0 Å². The van der Waals surface area contributed by atoms with Crippen molar-refractivity contribution in [2.45, 2.75) is 61.7 Å². The number of rotatable bonds is 2. The lowest BCUT2D eigenvalue weighted by molar-refractivity contribution is 0.0456. The number of hydrogen-bond acceptors (Lipinski definition) is 6. The van der Waals surface area contributed by atoms with Crippen molar-refractivity contribution in [1.82, 2.24) is 4.72 Å². The Bertz CT molecular complexity index is 1730. The van der Waals surface area contributed by atoms with E-state index in [1.54, 1.807) is 30.4 Å². The van der Waals surface area contributed by atoms with E-state index in [0.717, 1.165) is 48.4 Å². The van der Waals surface area contributed by atoms with Crippen molar-refractivity contribution in [3.05, 3.63) is 106 Å². The van der Waals surface area contributed by atoms with E-state index >= 15 is 0 Å². The number of allylic oxidation sites excluding steroid dienone is 1. The summed E-state index contributed by atoms with van der Waals surface area (Å²) in [5.74, 6) is 0.328. The summed E-state index contributed by atoms with van der Waals surface area (Å²) in [7, 11) is -4.06. The van der Waals surface area contributed by atoms with Gasteiger partial charge in [-0.15, -0.1) is 0 Å². The Morgan fingerprint density at radius 3 is 2.71 bits per heavy atom. The molecule has 5 atom stereocenters. The molecule has 1 spiro atoms. The van der Waals surface area contributed by atoms with Gasteiger partial charge in [0.25, 0.3) is 5.91 Å². The number of aliphatic hydroxyl groups is 1. The van der Waals surface area contributed by atoms with Crippen LogP contribution >= 0.6 is 11.6 Å². The number of halogens is 1. The number of amides is 1. The van der Waals surface area contributed by atoms with E-state index in [9.17, 15) is 18.3 Å². The molecule has 45 heavy (non-hydrogen) atoms. The molecular weight excluding hydrogens is 608 g/mol. The van der Waals surface area contributed by atoms with Crippen LogP contribution in [0.3, 0.4) is 0 Å². The number of aryl methyl sites for hydroxylation is 1. The third-order valence-electron chi connectivity index (χ3n) is 10.4. The van der Waals surface area contributed by atoms with Crippen LogP contribution in [0.4, 0.5) is 5.69 Å². The van der Waals surface area contributed by atoms with Crippen LogP contribution in [0.15, 0.2) is 78.9 Å². The Kier molecular flexibility index (Phi) is 8.17. The first-order valence-corrected chi connectivity index (χ1v) is 17.9. The first-order valence-electron chi connectivity index (χ1n) is 16.0. The van der Waals surface area contributed by atoms with Crippen LogP contribution in [0.1, 0.15) is 59.2 Å². The Morgan fingerprint density at radius 1 is 1.07 bits per heavy atom. The van der Waals surface area contributed by atoms with E-state index < -0.39 is 27.3 Å². The second-order valence-corrected chi connectivity index (χ2v) is 15.6. The van der Waals surface area contributed by atoms with Gasteiger partial charge in [-0.2, -0.15) is 0 Å². The van der Waals surface area contributed by atoms with Gasteiger partial charge in [0.1, 0.15) is 5.75 Å². The molecule has 7 rings (SSSR count). The minimum Gasteiger partial charge on any atom is -0.490 e. The number of nitrogens with one attached hydrogen (secondary N) is 1. The molecule has 2 bridgehead atoms. The van der Waals surface area contributed by atoms with E-state index in [1.807, 2.05) is 36.4 Å². The number of carbonyl (C=O) groups is 1. The SMILES string of the molecule is O=C1NS(=O)(=O)[C@@H](Cc2ccccc2)C/C=C/[C@H](O)[C@@H]2CC[C@H]2CN2C[C@@]3(CCCc4cc(Cl)ccc43)COc3ccc1cc32. The highest BCUT2D eigenvalue weighted by Crippen LogP contribution is 2.46. The van der Waals surface area contributed by atoms with Gasteiger partial charge < -0.3 is 14.7 Å². The second-order valence-electron chi connectivity index (χ2n) is 13.2. The molecule has 2 N–H and O–H groups in total. The maximum absolute atomic E-state index is 13.7. The Balaban J connectivity index is 1.27. The Hall–Kier alpha value is -3.33. The Labute approximate surface area is 270 Å². The average Bonchev–Trinajstić information content (AvgIpc) is 3.15. The van der Waals surface area contributed by atoms with Crippen LogP contribution < -0.4 is 14.4 Å². The summed E-state index contributed by atoms with van der Waals surface area (Å²) in [5, 5.41) is 11.1. The highest BCUT2D eigenvalue weighted by atomic mass is 35.5. The molecule has 1 saturated carbocycles. The van der Waals surface area contributed by atoms with Gasteiger partial charge in [0, 0.05) is 29.1 Å². The third kappa shape index (κ3) is 6.00. The summed E-state index contributed by atoms with van der Waals surface area (Å²) in [4.78, 5) is 15.9. The summed E-state index contributed by atoms with van der Waals surface area (Å²) >= 11 is 6.40. The van der Waals surface area contributed by atoms with Gasteiger partial charge in [-0.25, -0.2) is 13.1 Å². The molecule has 2 heterocycles. The number of hydrogen-bond donors (Lipinski definition) is 2. The summed E-state index contributed by atoms with van der Waals surface area (Å²) in [6, 6.07) is 20.8. The standard InChI is InChI=1S/C36H39ClN2O5S/c37-28-13-15-31-25(19-28)8-5-17-36(31)22-39-21-27-11-14-30(27)33(40)10-4-9-29(18-24-6-2-1-3-7-24)45(42,43)38-35(41)26-12-16-34(44-23-36)32(39)20-26/h1-4,6-7,10,12-13,15-16,19-20,27,29-30,33,40H,5,8-9,11,14,17-18,21-23H2,(H,38,41)/b10-4+/t27-,29+,30+,33-,36-/m0/s1. The number of fused-ring (bicyclic) bond motifs is 4. The van der Waals surface area contributed by atoms with E-state index in [4.69, 9.17) is 16.3 Å². The van der Waals surface area contributed by atoms with Crippen molar-refractivity contribution < 1.29 is 23.1 Å². The summed E-state index contributed by atoms with van der Waals surface area (Å²) < 4.78 is 36.3. The van der Waals surface area contributed by atoms with Crippen LogP contribution in [-0.4, -0.2) is 50.5 Å². The largest absolute Gasteiger partial charge is 0.490 e. The molecule has 236 valence electrons. The lowest BCUT2D eigenvalue weighted by atomic mass is 9.68. The topological polar surface area (TPSA) is 95.9 Å². The van der Waals surface area contributed by atoms with Gasteiger partial charge >= 0.3 is 0 Å². The second kappa shape index (κ2) is 12.1. The molecule has 2 aliphatic carbocycles. The van der Waals surface area contributed by atoms with Gasteiger partial charge in [-0.3, -0.25) is 4.79 Å². The smallest absolute Gasteiger partial charge is 0.264 e. The number of carbonyl (C=O) groups excluding carboxylic acids is 1. The zero-order valence-electron chi connectivity index (χ0n) is 25.2. The summed E-state index contributed by atoms with van der Waals surface area (Å²) in [5.41, 5.74) is 4.15. The van der Waals surface area contributed by atoms with Crippen LogP contribution in [0.5, 0.6) is 5.75 Å². The van der Waals surface area contributed by atoms with Crippen LogP contribution in [0.2, 0.25) is 5.02 Å². The molecule has 0 saturated heterocycles. The predicted molar refractivity (Wildman–Crippen MR) is 177 cm³/mol. The molecule has 3 aromatic carbocycles.